The first-order valence-electron chi connectivity index (χ1n) is 10.8. The highest BCUT2D eigenvalue weighted by atomic mass is 15.3. The van der Waals surface area contributed by atoms with E-state index in [2.05, 4.69) is 64.7 Å². The van der Waals surface area contributed by atoms with Crippen molar-refractivity contribution in [3.63, 3.8) is 0 Å². The topological polar surface area (TPSA) is 42.9 Å². The lowest BCUT2D eigenvalue weighted by Crippen LogP contribution is -2.47. The zero-order valence-electron chi connectivity index (χ0n) is 17.2. The van der Waals surface area contributed by atoms with Crippen molar-refractivity contribution < 1.29 is 0 Å². The normalized spacial score (nSPS) is 22.9. The minimum atomic E-state index is 0.499. The average molecular weight is 372 g/mol. The van der Waals surface area contributed by atoms with Crippen LogP contribution in [-0.2, 0) is 0 Å². The first-order valence-corrected chi connectivity index (χ1v) is 10.8. The Morgan fingerprint density at radius 3 is 2.67 bits per heavy atom. The molecule has 1 unspecified atom stereocenters. The SMILES string of the molecule is CCNC(=NCCCN1CCN(C)CC1c1ccccc1)NC1CCCC1. The van der Waals surface area contributed by atoms with E-state index in [9.17, 15) is 0 Å². The van der Waals surface area contributed by atoms with Crippen molar-refractivity contribution in [3.8, 4) is 0 Å². The molecule has 5 nitrogen and oxygen atoms in total. The van der Waals surface area contributed by atoms with Gasteiger partial charge in [0.1, 0.15) is 0 Å². The molecule has 1 saturated heterocycles. The summed E-state index contributed by atoms with van der Waals surface area (Å²) in [6.07, 6.45) is 6.37. The summed E-state index contributed by atoms with van der Waals surface area (Å²) < 4.78 is 0. The molecule has 2 aliphatic rings. The van der Waals surface area contributed by atoms with E-state index in [0.29, 0.717) is 12.1 Å². The molecule has 3 rings (SSSR count). The predicted octanol–water partition coefficient (Wildman–Crippen LogP) is 2.86. The number of piperazine rings is 1. The third-order valence-corrected chi connectivity index (χ3v) is 5.79. The molecule has 0 amide bonds. The predicted molar refractivity (Wildman–Crippen MR) is 114 cm³/mol. The van der Waals surface area contributed by atoms with Crippen molar-refractivity contribution in [2.24, 2.45) is 4.99 Å². The number of aliphatic imine (C=N–C) groups is 1. The number of likely N-dealkylation sites (N-methyl/N-ethyl adjacent to an activating group) is 1. The molecular weight excluding hydrogens is 334 g/mol. The van der Waals surface area contributed by atoms with Gasteiger partial charge in [0, 0.05) is 51.4 Å². The Balaban J connectivity index is 1.50. The number of benzene rings is 1. The van der Waals surface area contributed by atoms with Gasteiger partial charge in [0.15, 0.2) is 5.96 Å². The molecule has 0 radical (unpaired) electrons. The summed E-state index contributed by atoms with van der Waals surface area (Å²) in [4.78, 5) is 9.92. The monoisotopic (exact) mass is 371 g/mol. The Morgan fingerprint density at radius 1 is 1.15 bits per heavy atom. The molecule has 2 fully saturated rings. The zero-order valence-corrected chi connectivity index (χ0v) is 17.2. The highest BCUT2D eigenvalue weighted by Crippen LogP contribution is 2.24. The van der Waals surface area contributed by atoms with Gasteiger partial charge in [-0.3, -0.25) is 9.89 Å². The van der Waals surface area contributed by atoms with Crippen molar-refractivity contribution in [2.75, 3.05) is 46.3 Å². The van der Waals surface area contributed by atoms with Crippen LogP contribution in [0.5, 0.6) is 0 Å². The van der Waals surface area contributed by atoms with E-state index in [-0.39, 0.29) is 0 Å². The van der Waals surface area contributed by atoms with Gasteiger partial charge >= 0.3 is 0 Å². The molecule has 1 atom stereocenters. The molecular formula is C22H37N5. The van der Waals surface area contributed by atoms with Gasteiger partial charge in [0.05, 0.1) is 0 Å². The van der Waals surface area contributed by atoms with Crippen LogP contribution < -0.4 is 10.6 Å². The van der Waals surface area contributed by atoms with E-state index >= 15 is 0 Å². The molecule has 150 valence electrons. The van der Waals surface area contributed by atoms with Gasteiger partial charge in [-0.25, -0.2) is 0 Å². The summed E-state index contributed by atoms with van der Waals surface area (Å²) in [6.45, 7) is 8.46. The number of guanidine groups is 1. The summed E-state index contributed by atoms with van der Waals surface area (Å²) in [5, 5.41) is 7.02. The third-order valence-electron chi connectivity index (χ3n) is 5.79. The second-order valence-corrected chi connectivity index (χ2v) is 7.96. The summed E-state index contributed by atoms with van der Waals surface area (Å²) in [5.41, 5.74) is 1.43. The average Bonchev–Trinajstić information content (AvgIpc) is 3.20. The number of nitrogens with one attached hydrogen (secondary N) is 2. The molecule has 2 N–H and O–H groups in total. The van der Waals surface area contributed by atoms with Crippen LogP contribution in [0.4, 0.5) is 0 Å². The largest absolute Gasteiger partial charge is 0.357 e. The number of hydrogen-bond donors (Lipinski definition) is 2. The van der Waals surface area contributed by atoms with Gasteiger partial charge in [0.2, 0.25) is 0 Å². The highest BCUT2D eigenvalue weighted by Gasteiger charge is 2.25. The molecule has 0 aromatic heterocycles. The second-order valence-electron chi connectivity index (χ2n) is 7.96. The molecule has 1 saturated carbocycles. The first-order chi connectivity index (χ1) is 13.3. The van der Waals surface area contributed by atoms with Crippen LogP contribution in [0.25, 0.3) is 0 Å². The van der Waals surface area contributed by atoms with Crippen molar-refractivity contribution in [1.29, 1.82) is 0 Å². The van der Waals surface area contributed by atoms with Gasteiger partial charge < -0.3 is 15.5 Å². The summed E-state index contributed by atoms with van der Waals surface area (Å²) >= 11 is 0. The van der Waals surface area contributed by atoms with Gasteiger partial charge in [-0.2, -0.15) is 0 Å². The van der Waals surface area contributed by atoms with Crippen LogP contribution in [0.3, 0.4) is 0 Å². The Kier molecular flexibility index (Phi) is 7.96. The molecule has 27 heavy (non-hydrogen) atoms. The maximum atomic E-state index is 4.83. The van der Waals surface area contributed by atoms with E-state index in [0.717, 1.165) is 51.6 Å². The molecule has 1 aliphatic heterocycles. The number of nitrogens with zero attached hydrogens (tertiary/aromatic N) is 3. The third kappa shape index (κ3) is 6.22. The van der Waals surface area contributed by atoms with E-state index < -0.39 is 0 Å². The molecule has 5 heteroatoms. The van der Waals surface area contributed by atoms with Crippen LogP contribution in [-0.4, -0.2) is 68.1 Å². The Bertz CT molecular complexity index is 567. The highest BCUT2D eigenvalue weighted by molar-refractivity contribution is 5.80. The summed E-state index contributed by atoms with van der Waals surface area (Å²) in [6, 6.07) is 12.1. The Morgan fingerprint density at radius 2 is 1.93 bits per heavy atom. The fourth-order valence-electron chi connectivity index (χ4n) is 4.26. The van der Waals surface area contributed by atoms with Crippen LogP contribution >= 0.6 is 0 Å². The van der Waals surface area contributed by atoms with Crippen LogP contribution in [0.1, 0.15) is 50.6 Å². The van der Waals surface area contributed by atoms with Gasteiger partial charge in [0.25, 0.3) is 0 Å². The molecule has 0 bridgehead atoms. The Labute approximate surface area is 165 Å². The van der Waals surface area contributed by atoms with E-state index in [1.54, 1.807) is 0 Å². The fraction of sp³-hybridized carbons (Fsp3) is 0.682. The van der Waals surface area contributed by atoms with Gasteiger partial charge in [-0.15, -0.1) is 0 Å². The second kappa shape index (κ2) is 10.7. The molecule has 1 aliphatic carbocycles. The van der Waals surface area contributed by atoms with Crippen molar-refractivity contribution in [2.45, 2.75) is 51.1 Å². The van der Waals surface area contributed by atoms with Gasteiger partial charge in [-0.05, 0) is 38.8 Å². The number of rotatable bonds is 7. The summed E-state index contributed by atoms with van der Waals surface area (Å²) in [5.74, 6) is 1.00. The van der Waals surface area contributed by atoms with Crippen LogP contribution in [0.15, 0.2) is 35.3 Å². The van der Waals surface area contributed by atoms with Crippen LogP contribution in [0, 0.1) is 0 Å². The van der Waals surface area contributed by atoms with Crippen molar-refractivity contribution in [3.05, 3.63) is 35.9 Å². The minimum Gasteiger partial charge on any atom is -0.357 e. The molecule has 1 heterocycles. The molecule has 1 aromatic rings. The fourth-order valence-corrected chi connectivity index (χ4v) is 4.26. The zero-order chi connectivity index (χ0) is 18.9. The van der Waals surface area contributed by atoms with Gasteiger partial charge in [-0.1, -0.05) is 43.2 Å². The minimum absolute atomic E-state index is 0.499. The number of hydrogen-bond acceptors (Lipinski definition) is 3. The summed E-state index contributed by atoms with van der Waals surface area (Å²) in [7, 11) is 2.23. The smallest absolute Gasteiger partial charge is 0.191 e. The maximum Gasteiger partial charge on any atom is 0.191 e. The standard InChI is InChI=1S/C22H37N5/c1-3-23-22(25-20-12-7-8-13-20)24-14-9-15-27-17-16-26(2)18-21(27)19-10-5-4-6-11-19/h4-6,10-11,20-21H,3,7-9,12-18H2,1-2H3,(H2,23,24,25). The van der Waals surface area contributed by atoms with Crippen molar-refractivity contribution >= 4 is 5.96 Å². The molecule has 1 aromatic carbocycles. The lowest BCUT2D eigenvalue weighted by atomic mass is 10.0. The van der Waals surface area contributed by atoms with Crippen molar-refractivity contribution in [1.82, 2.24) is 20.4 Å². The quantitative estimate of drug-likeness (QED) is 0.439. The van der Waals surface area contributed by atoms with E-state index in [1.165, 1.54) is 31.2 Å². The first kappa shape index (κ1) is 20.2. The van der Waals surface area contributed by atoms with Crippen LogP contribution in [0.2, 0.25) is 0 Å². The lowest BCUT2D eigenvalue weighted by molar-refractivity contribution is 0.0894. The maximum absolute atomic E-state index is 4.83. The Hall–Kier alpha value is -1.59. The lowest BCUT2D eigenvalue weighted by Gasteiger charge is -2.40. The van der Waals surface area contributed by atoms with E-state index in [1.807, 2.05) is 0 Å². The molecule has 0 spiro atoms. The van der Waals surface area contributed by atoms with E-state index in [4.69, 9.17) is 4.99 Å².